The van der Waals surface area contributed by atoms with Crippen LogP contribution in [0, 0.1) is 0 Å². The number of rotatable bonds is 3. The third kappa shape index (κ3) is 2.64. The Kier molecular flexibility index (Phi) is 3.86. The highest BCUT2D eigenvalue weighted by molar-refractivity contribution is 6.41. The molecule has 0 unspecified atom stereocenters. The van der Waals surface area contributed by atoms with Crippen LogP contribution in [0.15, 0.2) is 24.5 Å². The molecule has 0 aliphatic heterocycles. The number of halogens is 2. The van der Waals surface area contributed by atoms with Gasteiger partial charge in [0.05, 0.1) is 23.5 Å². The summed E-state index contributed by atoms with van der Waals surface area (Å²) in [5, 5.41) is 12.2. The summed E-state index contributed by atoms with van der Waals surface area (Å²) < 4.78 is 0. The second-order valence-corrected chi connectivity index (χ2v) is 4.28. The first-order chi connectivity index (χ1) is 8.61. The molecule has 2 rings (SSSR count). The van der Waals surface area contributed by atoms with Gasteiger partial charge in [-0.15, -0.1) is 0 Å². The van der Waals surface area contributed by atoms with E-state index in [1.165, 1.54) is 18.5 Å². The molecular weight excluding hydrogens is 277 g/mol. The molecule has 0 fully saturated rings. The fourth-order valence-corrected chi connectivity index (χ4v) is 1.70. The Morgan fingerprint density at radius 1 is 1.50 bits per heavy atom. The summed E-state index contributed by atoms with van der Waals surface area (Å²) in [7, 11) is 0. The molecular formula is C11H9Cl2N3O2. The molecule has 3 N–H and O–H groups in total. The summed E-state index contributed by atoms with van der Waals surface area (Å²) in [5.74, 6) is -0.411. The van der Waals surface area contributed by atoms with Crippen LogP contribution < -0.4 is 5.32 Å². The molecule has 7 heteroatoms. The highest BCUT2D eigenvalue weighted by Crippen LogP contribution is 2.22. The summed E-state index contributed by atoms with van der Waals surface area (Å²) in [6.07, 6.45) is 2.99. The van der Waals surface area contributed by atoms with Crippen molar-refractivity contribution in [3.05, 3.63) is 46.0 Å². The lowest BCUT2D eigenvalue weighted by atomic mass is 10.2. The van der Waals surface area contributed by atoms with E-state index in [1.54, 1.807) is 6.07 Å². The summed E-state index contributed by atoms with van der Waals surface area (Å²) in [4.78, 5) is 18.4. The molecule has 1 amide bonds. The van der Waals surface area contributed by atoms with Crippen molar-refractivity contribution in [2.75, 3.05) is 5.32 Å². The van der Waals surface area contributed by atoms with Crippen molar-refractivity contribution in [2.24, 2.45) is 0 Å². The van der Waals surface area contributed by atoms with Crippen molar-refractivity contribution < 1.29 is 9.90 Å². The lowest BCUT2D eigenvalue weighted by Gasteiger charge is -2.07. The normalized spacial score (nSPS) is 10.4. The van der Waals surface area contributed by atoms with Gasteiger partial charge in [-0.3, -0.25) is 9.78 Å². The van der Waals surface area contributed by atoms with Crippen LogP contribution in [0.1, 0.15) is 16.1 Å². The Labute approximate surface area is 113 Å². The zero-order chi connectivity index (χ0) is 13.1. The van der Waals surface area contributed by atoms with Gasteiger partial charge in [0.1, 0.15) is 10.8 Å². The number of hydrogen-bond donors (Lipinski definition) is 3. The van der Waals surface area contributed by atoms with Crippen molar-refractivity contribution in [2.45, 2.75) is 6.61 Å². The van der Waals surface area contributed by atoms with Crippen molar-refractivity contribution in [3.63, 3.8) is 0 Å². The van der Waals surface area contributed by atoms with Gasteiger partial charge in [-0.05, 0) is 12.1 Å². The fourth-order valence-electron chi connectivity index (χ4n) is 1.39. The number of aliphatic hydroxyl groups is 1. The molecule has 0 aliphatic rings. The van der Waals surface area contributed by atoms with Gasteiger partial charge in [0.15, 0.2) is 0 Å². The maximum atomic E-state index is 11.9. The number of nitrogens with zero attached hydrogens (tertiary/aromatic N) is 1. The zero-order valence-corrected chi connectivity index (χ0v) is 10.6. The lowest BCUT2D eigenvalue weighted by Crippen LogP contribution is -2.14. The molecule has 2 aromatic rings. The minimum Gasteiger partial charge on any atom is -0.392 e. The molecule has 0 saturated heterocycles. The van der Waals surface area contributed by atoms with Crippen LogP contribution in [0.5, 0.6) is 0 Å². The second-order valence-electron chi connectivity index (χ2n) is 3.49. The summed E-state index contributed by atoms with van der Waals surface area (Å²) in [5.41, 5.74) is 1.24. The number of amides is 1. The quantitative estimate of drug-likeness (QED) is 0.811. The van der Waals surface area contributed by atoms with E-state index in [1.807, 2.05) is 0 Å². The first-order valence-electron chi connectivity index (χ1n) is 5.01. The van der Waals surface area contributed by atoms with E-state index < -0.39 is 5.91 Å². The van der Waals surface area contributed by atoms with E-state index in [0.717, 1.165) is 0 Å². The molecule has 0 aromatic carbocycles. The average molecular weight is 286 g/mol. The molecule has 18 heavy (non-hydrogen) atoms. The van der Waals surface area contributed by atoms with Crippen molar-refractivity contribution in [3.8, 4) is 0 Å². The predicted molar refractivity (Wildman–Crippen MR) is 68.9 cm³/mol. The van der Waals surface area contributed by atoms with Gasteiger partial charge < -0.3 is 15.4 Å². The van der Waals surface area contributed by atoms with Crippen LogP contribution in [0.25, 0.3) is 0 Å². The Morgan fingerprint density at radius 2 is 2.28 bits per heavy atom. The van der Waals surface area contributed by atoms with Gasteiger partial charge in [-0.25, -0.2) is 0 Å². The van der Waals surface area contributed by atoms with Gasteiger partial charge in [0, 0.05) is 11.8 Å². The zero-order valence-electron chi connectivity index (χ0n) is 9.08. The topological polar surface area (TPSA) is 78.0 Å². The molecule has 2 aromatic heterocycles. The number of aromatic nitrogens is 2. The van der Waals surface area contributed by atoms with Gasteiger partial charge >= 0.3 is 0 Å². The first kappa shape index (κ1) is 12.9. The van der Waals surface area contributed by atoms with Gasteiger partial charge in [0.25, 0.3) is 5.91 Å². The van der Waals surface area contributed by atoms with E-state index in [-0.39, 0.29) is 22.5 Å². The van der Waals surface area contributed by atoms with Gasteiger partial charge in [-0.1, -0.05) is 23.2 Å². The molecule has 0 radical (unpaired) electrons. The molecule has 0 spiro atoms. The minimum absolute atomic E-state index is 0.190. The van der Waals surface area contributed by atoms with E-state index in [2.05, 4.69) is 15.3 Å². The van der Waals surface area contributed by atoms with E-state index in [0.29, 0.717) is 11.3 Å². The number of nitrogens with one attached hydrogen (secondary N) is 2. The molecule has 5 nitrogen and oxygen atoms in total. The fraction of sp³-hybridized carbons (Fsp3) is 0.0909. The number of aromatic amines is 1. The monoisotopic (exact) mass is 285 g/mol. The van der Waals surface area contributed by atoms with Crippen molar-refractivity contribution in [1.82, 2.24) is 9.97 Å². The van der Waals surface area contributed by atoms with Crippen LogP contribution in [0.2, 0.25) is 10.2 Å². The summed E-state index contributed by atoms with van der Waals surface area (Å²) >= 11 is 11.5. The standard InChI is InChI=1S/C11H9Cl2N3O2/c12-7-3-8(15-10(7)13)11(18)16-9-4-14-2-1-6(9)5-17/h1-4,15,17H,5H2,(H,16,18). The Hall–Kier alpha value is -1.56. The molecule has 94 valence electrons. The Bertz CT molecular complexity index is 564. The largest absolute Gasteiger partial charge is 0.392 e. The number of carbonyl (C=O) groups is 1. The van der Waals surface area contributed by atoms with Crippen molar-refractivity contribution in [1.29, 1.82) is 0 Å². The smallest absolute Gasteiger partial charge is 0.272 e. The highest BCUT2D eigenvalue weighted by Gasteiger charge is 2.13. The van der Waals surface area contributed by atoms with E-state index >= 15 is 0 Å². The number of carbonyl (C=O) groups excluding carboxylic acids is 1. The van der Waals surface area contributed by atoms with E-state index in [4.69, 9.17) is 28.3 Å². The van der Waals surface area contributed by atoms with Crippen molar-refractivity contribution >= 4 is 34.8 Å². The summed E-state index contributed by atoms with van der Waals surface area (Å²) in [6.45, 7) is -0.190. The average Bonchev–Trinajstić information content (AvgIpc) is 2.70. The molecule has 0 atom stereocenters. The third-order valence-corrected chi connectivity index (χ3v) is 2.99. The molecule has 0 bridgehead atoms. The van der Waals surface area contributed by atoms with E-state index in [9.17, 15) is 4.79 Å². The Balaban J connectivity index is 2.21. The van der Waals surface area contributed by atoms with Crippen LogP contribution in [0.3, 0.4) is 0 Å². The minimum atomic E-state index is -0.411. The molecule has 0 saturated carbocycles. The number of H-pyrrole nitrogens is 1. The van der Waals surface area contributed by atoms with Crippen LogP contribution in [0.4, 0.5) is 5.69 Å². The lowest BCUT2D eigenvalue weighted by molar-refractivity contribution is 0.102. The number of pyridine rings is 1. The third-order valence-electron chi connectivity index (χ3n) is 2.30. The first-order valence-corrected chi connectivity index (χ1v) is 5.76. The number of hydrogen-bond acceptors (Lipinski definition) is 3. The van der Waals surface area contributed by atoms with Crippen LogP contribution in [-0.2, 0) is 6.61 Å². The SMILES string of the molecule is O=C(Nc1cnccc1CO)c1cc(Cl)c(Cl)[nH]1. The number of anilines is 1. The number of aliphatic hydroxyl groups excluding tert-OH is 1. The predicted octanol–water partition coefficient (Wildman–Crippen LogP) is 2.46. The maximum Gasteiger partial charge on any atom is 0.272 e. The maximum absolute atomic E-state index is 11.9. The summed E-state index contributed by atoms with van der Waals surface area (Å²) in [6, 6.07) is 3.04. The van der Waals surface area contributed by atoms with Crippen LogP contribution >= 0.6 is 23.2 Å². The van der Waals surface area contributed by atoms with Gasteiger partial charge in [-0.2, -0.15) is 0 Å². The molecule has 2 heterocycles. The van der Waals surface area contributed by atoms with Gasteiger partial charge in [0.2, 0.25) is 0 Å². The molecule has 0 aliphatic carbocycles. The Morgan fingerprint density at radius 3 is 2.89 bits per heavy atom. The van der Waals surface area contributed by atoms with Crippen LogP contribution in [-0.4, -0.2) is 21.0 Å². The highest BCUT2D eigenvalue weighted by atomic mass is 35.5. The second kappa shape index (κ2) is 5.39.